The quantitative estimate of drug-likeness (QED) is 0.653. The molecule has 4 rings (SSSR count). The van der Waals surface area contributed by atoms with Crippen LogP contribution in [0.4, 0.5) is 0 Å². The highest BCUT2D eigenvalue weighted by Crippen LogP contribution is 2.24. The summed E-state index contributed by atoms with van der Waals surface area (Å²) < 4.78 is 1.80. The van der Waals surface area contributed by atoms with Crippen LogP contribution in [0.1, 0.15) is 22.9 Å². The summed E-state index contributed by atoms with van der Waals surface area (Å²) in [7, 11) is 0. The van der Waals surface area contributed by atoms with Crippen molar-refractivity contribution in [1.29, 1.82) is 0 Å². The van der Waals surface area contributed by atoms with Crippen molar-refractivity contribution in [2.75, 3.05) is 13.1 Å². The first-order chi connectivity index (χ1) is 13.7. The monoisotopic (exact) mass is 392 g/mol. The molecule has 1 aliphatic rings. The van der Waals surface area contributed by atoms with Crippen LogP contribution in [0.3, 0.4) is 0 Å². The van der Waals surface area contributed by atoms with Gasteiger partial charge in [-0.25, -0.2) is 4.68 Å². The van der Waals surface area contributed by atoms with Gasteiger partial charge in [-0.3, -0.25) is 9.69 Å². The van der Waals surface area contributed by atoms with Crippen molar-refractivity contribution in [3.8, 4) is 5.69 Å². The zero-order valence-electron chi connectivity index (χ0n) is 15.9. The predicted molar refractivity (Wildman–Crippen MR) is 114 cm³/mol. The molecule has 6 heteroatoms. The average molecular weight is 393 g/mol. The number of aromatic nitrogens is 2. The molecule has 0 spiro atoms. The number of thiophene rings is 1. The lowest BCUT2D eigenvalue weighted by Gasteiger charge is -2.32. The third-order valence-electron chi connectivity index (χ3n) is 5.08. The molecule has 1 unspecified atom stereocenters. The molecule has 1 atom stereocenters. The number of benzene rings is 1. The third kappa shape index (κ3) is 4.40. The Morgan fingerprint density at radius 3 is 3.04 bits per heavy atom. The van der Waals surface area contributed by atoms with Crippen LogP contribution in [0, 0.1) is 0 Å². The van der Waals surface area contributed by atoms with E-state index in [4.69, 9.17) is 0 Å². The molecule has 0 saturated heterocycles. The largest absolute Gasteiger partial charge is 0.351 e. The number of rotatable bonds is 6. The minimum absolute atomic E-state index is 0.0763. The summed E-state index contributed by atoms with van der Waals surface area (Å²) in [6.07, 6.45) is 8.15. The van der Waals surface area contributed by atoms with Gasteiger partial charge in [-0.15, -0.1) is 11.3 Å². The predicted octanol–water partition coefficient (Wildman–Crippen LogP) is 3.51. The van der Waals surface area contributed by atoms with Crippen LogP contribution in [-0.2, 0) is 17.8 Å². The van der Waals surface area contributed by atoms with Crippen molar-refractivity contribution >= 4 is 23.3 Å². The zero-order chi connectivity index (χ0) is 19.3. The van der Waals surface area contributed by atoms with Gasteiger partial charge in [0.2, 0.25) is 5.91 Å². The fraction of sp³-hybridized carbons (Fsp3) is 0.273. The number of fused-ring (bicyclic) bond motifs is 1. The molecule has 3 heterocycles. The second-order valence-electron chi connectivity index (χ2n) is 7.07. The van der Waals surface area contributed by atoms with Gasteiger partial charge in [0.05, 0.1) is 11.9 Å². The molecule has 0 bridgehead atoms. The Labute approximate surface area is 169 Å². The Balaban J connectivity index is 1.27. The Morgan fingerprint density at radius 1 is 1.32 bits per heavy atom. The van der Waals surface area contributed by atoms with Gasteiger partial charge in [-0.05, 0) is 48.6 Å². The maximum atomic E-state index is 12.2. The van der Waals surface area contributed by atoms with Crippen molar-refractivity contribution < 1.29 is 4.79 Å². The lowest BCUT2D eigenvalue weighted by atomic mass is 10.1. The normalized spacial score (nSPS) is 15.5. The molecule has 0 saturated carbocycles. The molecule has 5 nitrogen and oxygen atoms in total. The number of hydrogen-bond acceptors (Lipinski definition) is 4. The SMILES string of the molecule is CC(CNC(=O)/C=C/c1cnn(-c2ccccc2)c1)N1CCc2sccc2C1. The molecule has 28 heavy (non-hydrogen) atoms. The van der Waals surface area contributed by atoms with Crippen LogP contribution < -0.4 is 5.32 Å². The molecule has 0 fully saturated rings. The highest BCUT2D eigenvalue weighted by molar-refractivity contribution is 7.10. The molecule has 2 aromatic heterocycles. The summed E-state index contributed by atoms with van der Waals surface area (Å²) in [5.74, 6) is -0.0763. The molecule has 1 amide bonds. The van der Waals surface area contributed by atoms with Crippen LogP contribution >= 0.6 is 11.3 Å². The standard InChI is InChI=1S/C22H24N4OS/c1-17(25-11-9-21-19(16-25)10-12-28-21)13-23-22(27)8-7-18-14-24-26(15-18)20-5-3-2-4-6-20/h2-8,10,12,14-15,17H,9,11,13,16H2,1H3,(H,23,27)/b8-7+. The number of carbonyl (C=O) groups excluding carboxylic acids is 1. The van der Waals surface area contributed by atoms with Crippen LogP contribution in [0.5, 0.6) is 0 Å². The smallest absolute Gasteiger partial charge is 0.244 e. The third-order valence-corrected chi connectivity index (χ3v) is 6.11. The molecule has 0 radical (unpaired) electrons. The summed E-state index contributed by atoms with van der Waals surface area (Å²) in [5.41, 5.74) is 3.33. The van der Waals surface area contributed by atoms with Gasteiger partial charge in [-0.1, -0.05) is 18.2 Å². The van der Waals surface area contributed by atoms with Gasteiger partial charge in [0.1, 0.15) is 0 Å². The van der Waals surface area contributed by atoms with Crippen LogP contribution in [0.2, 0.25) is 0 Å². The summed E-state index contributed by atoms with van der Waals surface area (Å²) >= 11 is 1.85. The average Bonchev–Trinajstić information content (AvgIpc) is 3.40. The molecule has 1 N–H and O–H groups in total. The first-order valence-corrected chi connectivity index (χ1v) is 10.4. The van der Waals surface area contributed by atoms with Crippen LogP contribution in [0.15, 0.2) is 60.2 Å². The summed E-state index contributed by atoms with van der Waals surface area (Å²) in [6, 6.07) is 12.4. The Morgan fingerprint density at radius 2 is 2.18 bits per heavy atom. The summed E-state index contributed by atoms with van der Waals surface area (Å²) in [5, 5.41) is 9.53. The first kappa shape index (κ1) is 18.7. The number of para-hydroxylation sites is 1. The van der Waals surface area contributed by atoms with E-state index in [0.29, 0.717) is 12.6 Å². The van der Waals surface area contributed by atoms with E-state index in [2.05, 4.69) is 33.7 Å². The highest BCUT2D eigenvalue weighted by Gasteiger charge is 2.21. The molecule has 144 valence electrons. The van der Waals surface area contributed by atoms with Gasteiger partial charge < -0.3 is 5.32 Å². The maximum Gasteiger partial charge on any atom is 0.244 e. The first-order valence-electron chi connectivity index (χ1n) is 9.54. The van der Waals surface area contributed by atoms with Gasteiger partial charge in [0.15, 0.2) is 0 Å². The Hall–Kier alpha value is -2.70. The number of amides is 1. The maximum absolute atomic E-state index is 12.2. The van der Waals surface area contributed by atoms with Gasteiger partial charge in [0.25, 0.3) is 0 Å². The van der Waals surface area contributed by atoms with E-state index in [1.54, 1.807) is 23.0 Å². The molecule has 3 aromatic rings. The van der Waals surface area contributed by atoms with Gasteiger partial charge in [0, 0.05) is 48.4 Å². The minimum Gasteiger partial charge on any atom is -0.351 e. The van der Waals surface area contributed by atoms with Crippen molar-refractivity contribution in [2.45, 2.75) is 25.9 Å². The Kier molecular flexibility index (Phi) is 5.69. The van der Waals surface area contributed by atoms with E-state index in [9.17, 15) is 4.79 Å². The molecule has 1 aliphatic heterocycles. The van der Waals surface area contributed by atoms with Crippen molar-refractivity contribution in [1.82, 2.24) is 20.0 Å². The molecule has 1 aromatic carbocycles. The molecular formula is C22H24N4OS. The second-order valence-corrected chi connectivity index (χ2v) is 8.07. The Bertz CT molecular complexity index is 960. The van der Waals surface area contributed by atoms with E-state index in [0.717, 1.165) is 30.8 Å². The van der Waals surface area contributed by atoms with E-state index in [1.807, 2.05) is 47.9 Å². The van der Waals surface area contributed by atoms with Gasteiger partial charge >= 0.3 is 0 Å². The van der Waals surface area contributed by atoms with E-state index in [1.165, 1.54) is 10.4 Å². The summed E-state index contributed by atoms with van der Waals surface area (Å²) in [6.45, 7) is 4.85. The van der Waals surface area contributed by atoms with E-state index < -0.39 is 0 Å². The number of carbonyl (C=O) groups is 1. The summed E-state index contributed by atoms with van der Waals surface area (Å²) in [4.78, 5) is 16.1. The highest BCUT2D eigenvalue weighted by atomic mass is 32.1. The van der Waals surface area contributed by atoms with E-state index in [-0.39, 0.29) is 5.91 Å². The van der Waals surface area contributed by atoms with Crippen molar-refractivity contribution in [3.05, 3.63) is 76.3 Å². The zero-order valence-corrected chi connectivity index (χ0v) is 16.7. The fourth-order valence-electron chi connectivity index (χ4n) is 3.40. The number of hydrogen-bond donors (Lipinski definition) is 1. The van der Waals surface area contributed by atoms with Crippen LogP contribution in [0.25, 0.3) is 11.8 Å². The number of nitrogens with one attached hydrogen (secondary N) is 1. The lowest BCUT2D eigenvalue weighted by Crippen LogP contribution is -2.43. The van der Waals surface area contributed by atoms with Gasteiger partial charge in [-0.2, -0.15) is 5.10 Å². The van der Waals surface area contributed by atoms with E-state index >= 15 is 0 Å². The van der Waals surface area contributed by atoms with Crippen LogP contribution in [-0.4, -0.2) is 39.7 Å². The minimum atomic E-state index is -0.0763. The van der Waals surface area contributed by atoms with Crippen molar-refractivity contribution in [3.63, 3.8) is 0 Å². The lowest BCUT2D eigenvalue weighted by molar-refractivity contribution is -0.116. The number of nitrogens with zero attached hydrogens (tertiary/aromatic N) is 3. The fourth-order valence-corrected chi connectivity index (χ4v) is 4.29. The molecule has 0 aliphatic carbocycles. The van der Waals surface area contributed by atoms with Crippen molar-refractivity contribution in [2.24, 2.45) is 0 Å². The topological polar surface area (TPSA) is 50.2 Å². The second kappa shape index (κ2) is 8.54. The molecular weight excluding hydrogens is 368 g/mol.